The second-order valence-corrected chi connectivity index (χ2v) is 10.8. The van der Waals surface area contributed by atoms with Gasteiger partial charge in [-0.25, -0.2) is 8.42 Å². The largest absolute Gasteiger partial charge is 0.340 e. The van der Waals surface area contributed by atoms with Gasteiger partial charge >= 0.3 is 0 Å². The highest BCUT2D eigenvalue weighted by atomic mass is 32.2. The fraction of sp³-hybridized carbons (Fsp3) is 0.364. The molecule has 2 aliphatic rings. The van der Waals surface area contributed by atoms with Gasteiger partial charge in [-0.1, -0.05) is 30.3 Å². The van der Waals surface area contributed by atoms with E-state index in [1.807, 2.05) is 18.2 Å². The number of piperazine rings is 1. The summed E-state index contributed by atoms with van der Waals surface area (Å²) < 4.78 is 25.5. The molecule has 1 fully saturated rings. The third kappa shape index (κ3) is 5.47. The van der Waals surface area contributed by atoms with Crippen LogP contribution in [0.5, 0.6) is 0 Å². The van der Waals surface area contributed by atoms with E-state index in [1.165, 1.54) is 23.4 Å². The third-order valence-electron chi connectivity index (χ3n) is 5.50. The molecule has 164 valence electrons. The van der Waals surface area contributed by atoms with E-state index in [2.05, 4.69) is 22.3 Å². The lowest BCUT2D eigenvalue weighted by Crippen LogP contribution is -2.48. The summed E-state index contributed by atoms with van der Waals surface area (Å²) in [4.78, 5) is 29.2. The Morgan fingerprint density at radius 2 is 1.77 bits per heavy atom. The van der Waals surface area contributed by atoms with Crippen molar-refractivity contribution in [1.29, 1.82) is 0 Å². The van der Waals surface area contributed by atoms with E-state index in [0.717, 1.165) is 24.5 Å². The Morgan fingerprint density at radius 1 is 1.03 bits per heavy atom. The number of nitrogens with zero attached hydrogens (tertiary/aromatic N) is 2. The number of fused-ring (bicyclic) bond motifs is 1. The molecular weight excluding hydrogens is 434 g/mol. The number of sulfone groups is 1. The second-order valence-electron chi connectivity index (χ2n) is 7.71. The van der Waals surface area contributed by atoms with Gasteiger partial charge in [-0.05, 0) is 23.8 Å². The SMILES string of the molecule is O=C1CSc2ccc(S(=O)(=O)CCC(=O)N3CCN(Cc4ccccc4)CC3)cc2N1. The van der Waals surface area contributed by atoms with Crippen LogP contribution in [-0.4, -0.2) is 67.7 Å². The first-order valence-corrected chi connectivity index (χ1v) is 12.9. The van der Waals surface area contributed by atoms with Crippen molar-refractivity contribution in [2.75, 3.05) is 43.0 Å². The molecule has 1 saturated heterocycles. The Kier molecular flexibility index (Phi) is 6.64. The molecule has 7 nitrogen and oxygen atoms in total. The van der Waals surface area contributed by atoms with Crippen molar-refractivity contribution in [3.63, 3.8) is 0 Å². The molecule has 0 spiro atoms. The fourth-order valence-electron chi connectivity index (χ4n) is 3.75. The highest BCUT2D eigenvalue weighted by Gasteiger charge is 2.25. The molecule has 2 heterocycles. The molecule has 0 aliphatic carbocycles. The van der Waals surface area contributed by atoms with Crippen LogP contribution in [0, 0.1) is 0 Å². The number of hydrogen-bond acceptors (Lipinski definition) is 6. The van der Waals surface area contributed by atoms with E-state index in [4.69, 9.17) is 0 Å². The Bertz CT molecular complexity index is 1070. The van der Waals surface area contributed by atoms with Crippen LogP contribution in [0.25, 0.3) is 0 Å². The van der Waals surface area contributed by atoms with Crippen LogP contribution < -0.4 is 5.32 Å². The summed E-state index contributed by atoms with van der Waals surface area (Å²) in [6, 6.07) is 15.0. The molecule has 2 aromatic rings. The molecule has 0 unspecified atom stereocenters. The minimum atomic E-state index is -3.61. The average molecular weight is 460 g/mol. The number of benzene rings is 2. The molecular formula is C22H25N3O4S2. The van der Waals surface area contributed by atoms with Gasteiger partial charge in [0, 0.05) is 44.0 Å². The molecule has 4 rings (SSSR count). The van der Waals surface area contributed by atoms with Crippen LogP contribution in [0.3, 0.4) is 0 Å². The predicted octanol–water partition coefficient (Wildman–Crippen LogP) is 2.24. The normalized spacial score (nSPS) is 17.2. The van der Waals surface area contributed by atoms with Crippen LogP contribution in [0.1, 0.15) is 12.0 Å². The standard InChI is InChI=1S/C22H25N3O4S2/c26-21-16-30-20-7-6-18(14-19(20)23-21)31(28,29)13-8-22(27)25-11-9-24(10-12-25)15-17-4-2-1-3-5-17/h1-7,14H,8-13,15-16H2,(H,23,26). The van der Waals surface area contributed by atoms with Crippen LogP contribution >= 0.6 is 11.8 Å². The maximum absolute atomic E-state index is 12.7. The van der Waals surface area contributed by atoms with Gasteiger partial charge in [0.05, 0.1) is 22.1 Å². The zero-order valence-electron chi connectivity index (χ0n) is 17.1. The van der Waals surface area contributed by atoms with E-state index in [9.17, 15) is 18.0 Å². The zero-order valence-corrected chi connectivity index (χ0v) is 18.8. The predicted molar refractivity (Wildman–Crippen MR) is 121 cm³/mol. The van der Waals surface area contributed by atoms with Crippen LogP contribution in [-0.2, 0) is 26.0 Å². The quantitative estimate of drug-likeness (QED) is 0.713. The Labute approximate surface area is 186 Å². The highest BCUT2D eigenvalue weighted by Crippen LogP contribution is 2.33. The van der Waals surface area contributed by atoms with E-state index in [0.29, 0.717) is 24.5 Å². The van der Waals surface area contributed by atoms with E-state index in [-0.39, 0.29) is 28.9 Å². The Balaban J connectivity index is 1.29. The Hall–Kier alpha value is -2.36. The summed E-state index contributed by atoms with van der Waals surface area (Å²) in [5.74, 6) is -0.194. The van der Waals surface area contributed by atoms with Crippen LogP contribution in [0.15, 0.2) is 58.3 Å². The summed E-state index contributed by atoms with van der Waals surface area (Å²) in [6.45, 7) is 3.61. The number of carbonyl (C=O) groups is 2. The first kappa shape index (κ1) is 21.9. The molecule has 0 aromatic heterocycles. The molecule has 9 heteroatoms. The number of amides is 2. The van der Waals surface area contributed by atoms with Crippen LogP contribution in [0.4, 0.5) is 5.69 Å². The van der Waals surface area contributed by atoms with Gasteiger partial charge < -0.3 is 10.2 Å². The van der Waals surface area contributed by atoms with Gasteiger partial charge in [0.25, 0.3) is 0 Å². The maximum atomic E-state index is 12.7. The number of rotatable bonds is 6. The highest BCUT2D eigenvalue weighted by molar-refractivity contribution is 8.00. The van der Waals surface area contributed by atoms with E-state index in [1.54, 1.807) is 17.0 Å². The van der Waals surface area contributed by atoms with Crippen molar-refractivity contribution < 1.29 is 18.0 Å². The molecule has 0 saturated carbocycles. The lowest BCUT2D eigenvalue weighted by atomic mass is 10.2. The fourth-order valence-corrected chi connectivity index (χ4v) is 5.79. The van der Waals surface area contributed by atoms with Gasteiger partial charge in [-0.15, -0.1) is 11.8 Å². The topological polar surface area (TPSA) is 86.8 Å². The molecule has 2 amide bonds. The van der Waals surface area contributed by atoms with Gasteiger partial charge in [0.1, 0.15) is 0 Å². The molecule has 0 bridgehead atoms. The van der Waals surface area contributed by atoms with Gasteiger partial charge in [0.15, 0.2) is 9.84 Å². The minimum Gasteiger partial charge on any atom is -0.340 e. The van der Waals surface area contributed by atoms with Gasteiger partial charge in [0.2, 0.25) is 11.8 Å². The summed E-state index contributed by atoms with van der Waals surface area (Å²) >= 11 is 1.38. The first-order valence-electron chi connectivity index (χ1n) is 10.2. The van der Waals surface area contributed by atoms with Crippen molar-refractivity contribution in [2.45, 2.75) is 22.8 Å². The van der Waals surface area contributed by atoms with Crippen molar-refractivity contribution >= 4 is 39.1 Å². The molecule has 0 atom stereocenters. The van der Waals surface area contributed by atoms with E-state index < -0.39 is 9.84 Å². The summed E-state index contributed by atoms with van der Waals surface area (Å²) in [5.41, 5.74) is 1.76. The smallest absolute Gasteiger partial charge is 0.234 e. The molecule has 0 radical (unpaired) electrons. The second kappa shape index (κ2) is 9.42. The number of thioether (sulfide) groups is 1. The maximum Gasteiger partial charge on any atom is 0.234 e. The summed E-state index contributed by atoms with van der Waals surface area (Å²) in [6.07, 6.45) is -0.0424. The molecule has 2 aromatic carbocycles. The van der Waals surface area contributed by atoms with Crippen molar-refractivity contribution in [1.82, 2.24) is 9.80 Å². The number of carbonyl (C=O) groups excluding carboxylic acids is 2. The molecule has 1 N–H and O–H groups in total. The average Bonchev–Trinajstić information content (AvgIpc) is 2.78. The van der Waals surface area contributed by atoms with E-state index >= 15 is 0 Å². The molecule has 2 aliphatic heterocycles. The lowest BCUT2D eigenvalue weighted by molar-refractivity contribution is -0.132. The van der Waals surface area contributed by atoms with Crippen molar-refractivity contribution in [3.05, 3.63) is 54.1 Å². The van der Waals surface area contributed by atoms with Crippen LogP contribution in [0.2, 0.25) is 0 Å². The lowest BCUT2D eigenvalue weighted by Gasteiger charge is -2.34. The molecule has 31 heavy (non-hydrogen) atoms. The monoisotopic (exact) mass is 459 g/mol. The summed E-state index contributed by atoms with van der Waals surface area (Å²) in [7, 11) is -3.61. The number of nitrogens with one attached hydrogen (secondary N) is 1. The zero-order chi connectivity index (χ0) is 21.8. The Morgan fingerprint density at radius 3 is 2.52 bits per heavy atom. The summed E-state index contributed by atoms with van der Waals surface area (Å²) in [5, 5.41) is 2.71. The minimum absolute atomic E-state index is 0.0424. The number of hydrogen-bond donors (Lipinski definition) is 1. The first-order chi connectivity index (χ1) is 14.9. The van der Waals surface area contributed by atoms with Gasteiger partial charge in [-0.2, -0.15) is 0 Å². The third-order valence-corrected chi connectivity index (χ3v) is 8.29. The van der Waals surface area contributed by atoms with Crippen molar-refractivity contribution in [3.8, 4) is 0 Å². The van der Waals surface area contributed by atoms with Gasteiger partial charge in [-0.3, -0.25) is 14.5 Å². The van der Waals surface area contributed by atoms with Crippen molar-refractivity contribution in [2.24, 2.45) is 0 Å². The number of anilines is 1.